The highest BCUT2D eigenvalue weighted by Crippen LogP contribution is 2.18. The third-order valence-electron chi connectivity index (χ3n) is 3.81. The molecule has 0 spiro atoms. The summed E-state index contributed by atoms with van der Waals surface area (Å²) in [5.74, 6) is 0.389. The molecule has 0 aromatic rings. The number of nitrogens with one attached hydrogen (secondary N) is 2. The maximum absolute atomic E-state index is 12.5. The van der Waals surface area contributed by atoms with E-state index in [9.17, 15) is 8.42 Å². The third-order valence-corrected chi connectivity index (χ3v) is 5.46. The summed E-state index contributed by atoms with van der Waals surface area (Å²) >= 11 is 0. The lowest BCUT2D eigenvalue weighted by Crippen LogP contribution is -2.51. The Morgan fingerprint density at radius 3 is 2.67 bits per heavy atom. The molecule has 0 saturated carbocycles. The van der Waals surface area contributed by atoms with Gasteiger partial charge in [0, 0.05) is 32.3 Å². The highest BCUT2D eigenvalue weighted by Gasteiger charge is 2.30. The molecule has 0 aliphatic carbocycles. The standard InChI is InChI=1S/C14H31N3O3S/c1-5-14(11-20-4)16-21(18,19)17-8-6-7-13(10-17)9-15-12(2)3/h12-16H,5-11H2,1-4H3. The van der Waals surface area contributed by atoms with Crippen LogP contribution in [0.25, 0.3) is 0 Å². The summed E-state index contributed by atoms with van der Waals surface area (Å²) in [4.78, 5) is 0. The van der Waals surface area contributed by atoms with Crippen LogP contribution in [-0.2, 0) is 14.9 Å². The van der Waals surface area contributed by atoms with Gasteiger partial charge in [0.1, 0.15) is 0 Å². The minimum absolute atomic E-state index is 0.158. The van der Waals surface area contributed by atoms with Crippen LogP contribution in [0.5, 0.6) is 0 Å². The number of methoxy groups -OCH3 is 1. The van der Waals surface area contributed by atoms with Crippen LogP contribution in [0.4, 0.5) is 0 Å². The Morgan fingerprint density at radius 1 is 1.38 bits per heavy atom. The van der Waals surface area contributed by atoms with E-state index >= 15 is 0 Å². The van der Waals surface area contributed by atoms with Gasteiger partial charge in [0.05, 0.1) is 6.61 Å². The van der Waals surface area contributed by atoms with Crippen molar-refractivity contribution in [3.8, 4) is 0 Å². The van der Waals surface area contributed by atoms with Crippen LogP contribution in [0.15, 0.2) is 0 Å². The smallest absolute Gasteiger partial charge is 0.279 e. The summed E-state index contributed by atoms with van der Waals surface area (Å²) in [7, 11) is -1.82. The topological polar surface area (TPSA) is 70.7 Å². The van der Waals surface area contributed by atoms with Gasteiger partial charge in [0.15, 0.2) is 0 Å². The average molecular weight is 321 g/mol. The van der Waals surface area contributed by atoms with E-state index < -0.39 is 10.2 Å². The Labute approximate surface area is 129 Å². The lowest BCUT2D eigenvalue weighted by molar-refractivity contribution is 0.171. The van der Waals surface area contributed by atoms with E-state index in [1.165, 1.54) is 0 Å². The fourth-order valence-electron chi connectivity index (χ4n) is 2.54. The molecular formula is C14H31N3O3S. The van der Waals surface area contributed by atoms with Crippen LogP contribution < -0.4 is 10.0 Å². The average Bonchev–Trinajstić information content (AvgIpc) is 2.44. The normalized spacial score (nSPS) is 22.6. The first-order valence-corrected chi connectivity index (χ1v) is 9.32. The van der Waals surface area contributed by atoms with Crippen LogP contribution in [-0.4, -0.2) is 58.2 Å². The molecule has 1 aliphatic heterocycles. The summed E-state index contributed by atoms with van der Waals surface area (Å²) in [6, 6.07) is 0.274. The second kappa shape index (κ2) is 9.05. The van der Waals surface area contributed by atoms with Crippen LogP contribution in [0.3, 0.4) is 0 Å². The first kappa shape index (κ1) is 18.8. The highest BCUT2D eigenvalue weighted by atomic mass is 32.2. The van der Waals surface area contributed by atoms with E-state index in [-0.39, 0.29) is 6.04 Å². The number of rotatable bonds is 9. The Morgan fingerprint density at radius 2 is 2.10 bits per heavy atom. The molecule has 1 heterocycles. The first-order valence-electron chi connectivity index (χ1n) is 7.88. The SMILES string of the molecule is CCC(COC)NS(=O)(=O)N1CCCC(CNC(C)C)C1. The predicted molar refractivity (Wildman–Crippen MR) is 85.4 cm³/mol. The molecule has 2 unspecified atom stereocenters. The summed E-state index contributed by atoms with van der Waals surface area (Å²) < 4.78 is 34.3. The Balaban J connectivity index is 2.57. The van der Waals surface area contributed by atoms with Crippen LogP contribution in [0, 0.1) is 5.92 Å². The monoisotopic (exact) mass is 321 g/mol. The second-order valence-corrected chi connectivity index (χ2v) is 7.81. The van der Waals surface area contributed by atoms with Crippen molar-refractivity contribution < 1.29 is 13.2 Å². The van der Waals surface area contributed by atoms with E-state index in [4.69, 9.17) is 4.74 Å². The van der Waals surface area contributed by atoms with Gasteiger partial charge in [-0.2, -0.15) is 17.4 Å². The molecule has 21 heavy (non-hydrogen) atoms. The van der Waals surface area contributed by atoms with Gasteiger partial charge in [0.25, 0.3) is 10.2 Å². The van der Waals surface area contributed by atoms with E-state index in [1.54, 1.807) is 11.4 Å². The summed E-state index contributed by atoms with van der Waals surface area (Å²) in [6.45, 7) is 8.65. The predicted octanol–water partition coefficient (Wildman–Crippen LogP) is 0.956. The molecule has 126 valence electrons. The van der Waals surface area contributed by atoms with Gasteiger partial charge in [-0.3, -0.25) is 0 Å². The van der Waals surface area contributed by atoms with Gasteiger partial charge in [-0.05, 0) is 31.7 Å². The number of hydrogen-bond acceptors (Lipinski definition) is 4. The minimum Gasteiger partial charge on any atom is -0.383 e. The molecule has 0 aromatic heterocycles. The number of piperidine rings is 1. The largest absolute Gasteiger partial charge is 0.383 e. The molecule has 2 N–H and O–H groups in total. The lowest BCUT2D eigenvalue weighted by atomic mass is 9.99. The molecule has 0 bridgehead atoms. The fourth-order valence-corrected chi connectivity index (χ4v) is 4.12. The van der Waals surface area contributed by atoms with Gasteiger partial charge < -0.3 is 10.1 Å². The second-order valence-electron chi connectivity index (χ2n) is 6.11. The Bertz CT molecular complexity index is 387. The molecule has 1 rings (SSSR count). The maximum atomic E-state index is 12.5. The molecule has 0 aromatic carbocycles. The third kappa shape index (κ3) is 6.61. The van der Waals surface area contributed by atoms with E-state index in [0.717, 1.165) is 25.8 Å². The molecule has 1 saturated heterocycles. The Hall–Kier alpha value is -0.210. The van der Waals surface area contributed by atoms with Gasteiger partial charge in [-0.25, -0.2) is 0 Å². The number of hydrogen-bond donors (Lipinski definition) is 2. The molecule has 2 atom stereocenters. The molecule has 0 amide bonds. The highest BCUT2D eigenvalue weighted by molar-refractivity contribution is 7.87. The van der Waals surface area contributed by atoms with Crippen LogP contribution in [0.2, 0.25) is 0 Å². The van der Waals surface area contributed by atoms with Crippen molar-refractivity contribution in [3.63, 3.8) is 0 Å². The molecule has 1 fully saturated rings. The molecule has 6 nitrogen and oxygen atoms in total. The van der Waals surface area contributed by atoms with Crippen LogP contribution in [0.1, 0.15) is 40.0 Å². The molecule has 0 radical (unpaired) electrons. The summed E-state index contributed by atoms with van der Waals surface area (Å²) in [5.41, 5.74) is 0. The van der Waals surface area contributed by atoms with Crippen LogP contribution >= 0.6 is 0 Å². The fraction of sp³-hybridized carbons (Fsp3) is 1.00. The van der Waals surface area contributed by atoms with Crippen molar-refractivity contribution in [2.24, 2.45) is 5.92 Å². The van der Waals surface area contributed by atoms with Gasteiger partial charge in [0.2, 0.25) is 0 Å². The quantitative estimate of drug-likeness (QED) is 0.663. The first-order chi connectivity index (χ1) is 9.89. The van der Waals surface area contributed by atoms with Crippen molar-refractivity contribution in [2.45, 2.75) is 52.1 Å². The zero-order chi connectivity index (χ0) is 15.9. The molecule has 1 aliphatic rings. The van der Waals surface area contributed by atoms with Gasteiger partial charge in [-0.1, -0.05) is 20.8 Å². The zero-order valence-electron chi connectivity index (χ0n) is 13.8. The molecule has 7 heteroatoms. The van der Waals surface area contributed by atoms with Crippen molar-refractivity contribution in [2.75, 3.05) is 33.4 Å². The maximum Gasteiger partial charge on any atom is 0.279 e. The molecular weight excluding hydrogens is 290 g/mol. The minimum atomic E-state index is -3.41. The Kier molecular flexibility index (Phi) is 8.12. The zero-order valence-corrected chi connectivity index (χ0v) is 14.6. The van der Waals surface area contributed by atoms with Gasteiger partial charge >= 0.3 is 0 Å². The van der Waals surface area contributed by atoms with Crippen molar-refractivity contribution in [1.29, 1.82) is 0 Å². The number of ether oxygens (including phenoxy) is 1. The van der Waals surface area contributed by atoms with E-state index in [2.05, 4.69) is 23.9 Å². The number of nitrogens with zero attached hydrogens (tertiary/aromatic N) is 1. The lowest BCUT2D eigenvalue weighted by Gasteiger charge is -2.33. The summed E-state index contributed by atoms with van der Waals surface area (Å²) in [6.07, 6.45) is 2.73. The van der Waals surface area contributed by atoms with E-state index in [1.807, 2.05) is 6.92 Å². The summed E-state index contributed by atoms with van der Waals surface area (Å²) in [5, 5.41) is 3.40. The van der Waals surface area contributed by atoms with E-state index in [0.29, 0.717) is 31.7 Å². The van der Waals surface area contributed by atoms with Crippen molar-refractivity contribution >= 4 is 10.2 Å². The van der Waals surface area contributed by atoms with Crippen molar-refractivity contribution in [3.05, 3.63) is 0 Å². The van der Waals surface area contributed by atoms with Crippen molar-refractivity contribution in [1.82, 2.24) is 14.3 Å². The van der Waals surface area contributed by atoms with Gasteiger partial charge in [-0.15, -0.1) is 0 Å².